The van der Waals surface area contributed by atoms with Gasteiger partial charge in [0.15, 0.2) is 12.4 Å². The van der Waals surface area contributed by atoms with Crippen molar-refractivity contribution in [2.24, 2.45) is 11.8 Å². The smallest absolute Gasteiger partial charge is 0.462 e. The minimum absolute atomic E-state index is 0.00289. The molecule has 19 heteroatoms. The van der Waals surface area contributed by atoms with Crippen LogP contribution in [0.25, 0.3) is 0 Å². The number of ether oxygens (including phenoxy) is 3. The lowest BCUT2D eigenvalue weighted by atomic mass is 9.87. The summed E-state index contributed by atoms with van der Waals surface area (Å²) in [5.74, 6) is -0.774. The summed E-state index contributed by atoms with van der Waals surface area (Å²) in [5.41, 5.74) is 0. The number of unbranched alkanes of at least 4 members (excludes halogenated alkanes) is 12. The van der Waals surface area contributed by atoms with Crippen molar-refractivity contribution in [2.45, 2.75) is 199 Å². The highest BCUT2D eigenvalue weighted by atomic mass is 31.2. The minimum atomic E-state index is -4.90. The molecule has 1 saturated heterocycles. The lowest BCUT2D eigenvalue weighted by Gasteiger charge is -2.36. The predicted molar refractivity (Wildman–Crippen MR) is 233 cm³/mol. The zero-order valence-electron chi connectivity index (χ0n) is 37.4. The van der Waals surface area contributed by atoms with Crippen molar-refractivity contribution in [1.29, 1.82) is 0 Å². The number of hydrogen-bond acceptors (Lipinski definition) is 14. The third kappa shape index (κ3) is 32.2. The molecule has 17 nitrogen and oxygen atoms in total. The number of aliphatic hydroxyl groups is 4. The van der Waals surface area contributed by atoms with Crippen LogP contribution in [-0.4, -0.2) is 110 Å². The fraction of sp³-hybridized carbons (Fsp3) is 0.860. The fourth-order valence-corrected chi connectivity index (χ4v) is 7.87. The Hall–Kier alpha value is -1.56. The van der Waals surface area contributed by atoms with Gasteiger partial charge in [0.25, 0.3) is 0 Å². The van der Waals surface area contributed by atoms with Gasteiger partial charge in [0.2, 0.25) is 0 Å². The van der Waals surface area contributed by atoms with Gasteiger partial charge < -0.3 is 49.3 Å². The van der Waals surface area contributed by atoms with E-state index in [-0.39, 0.29) is 25.2 Å². The zero-order valence-corrected chi connectivity index (χ0v) is 39.2. The molecule has 0 radical (unpaired) electrons. The van der Waals surface area contributed by atoms with Crippen LogP contribution in [0.1, 0.15) is 162 Å². The maximum absolute atomic E-state index is 12.7. The molecule has 3 unspecified atom stereocenters. The first kappa shape index (κ1) is 58.5. The molecule has 0 amide bonds. The van der Waals surface area contributed by atoms with E-state index in [1.165, 1.54) is 44.9 Å². The van der Waals surface area contributed by atoms with Gasteiger partial charge in [-0.25, -0.2) is 9.13 Å². The Labute approximate surface area is 369 Å². The minimum Gasteiger partial charge on any atom is -0.462 e. The van der Waals surface area contributed by atoms with E-state index in [9.17, 15) is 44.0 Å². The average Bonchev–Trinajstić information content (AvgIpc) is 3.21. The van der Waals surface area contributed by atoms with Crippen molar-refractivity contribution in [1.82, 2.24) is 0 Å². The molecule has 9 atom stereocenters. The van der Waals surface area contributed by atoms with Crippen LogP contribution in [0.4, 0.5) is 0 Å². The van der Waals surface area contributed by atoms with E-state index in [0.717, 1.165) is 50.9 Å². The Bertz CT molecular complexity index is 1330. The molecule has 7 N–H and O–H groups in total. The number of phosphoric acid groups is 2. The summed E-state index contributed by atoms with van der Waals surface area (Å²) in [6.45, 7) is 3.67. The second-order valence-corrected chi connectivity index (χ2v) is 19.1. The molecular weight excluding hydrogens is 850 g/mol. The van der Waals surface area contributed by atoms with Gasteiger partial charge in [0.1, 0.15) is 12.7 Å². The van der Waals surface area contributed by atoms with Gasteiger partial charge in [-0.2, -0.15) is 0 Å². The van der Waals surface area contributed by atoms with Crippen LogP contribution in [-0.2, 0) is 46.5 Å². The van der Waals surface area contributed by atoms with E-state index < -0.39 is 90.8 Å². The van der Waals surface area contributed by atoms with Crippen molar-refractivity contribution in [3.8, 4) is 0 Å². The Balaban J connectivity index is 2.59. The first-order chi connectivity index (χ1) is 29.4. The molecule has 1 rings (SSSR count). The Kier molecular flexibility index (Phi) is 32.8. The lowest BCUT2D eigenvalue weighted by molar-refractivity contribution is -0.199. The Morgan fingerprint density at radius 3 is 1.98 bits per heavy atom. The summed E-state index contributed by atoms with van der Waals surface area (Å²) in [4.78, 5) is 53.0. The highest BCUT2D eigenvalue weighted by molar-refractivity contribution is 7.47. The SMILES string of the molecule is CCCCC[C@H](O)/C=C/[C@H]1OC(O)C[C@H](O)[C@@H]1C/C=C\CCCC(=O)OC[C@H](COP(=O)(O)OC[C@@H](O)COP(=O)(O)O)OC(=O)CCCCCCCCCCCCC(C)CC. The Morgan fingerprint density at radius 1 is 0.742 bits per heavy atom. The number of hydrogen-bond donors (Lipinski definition) is 7. The van der Waals surface area contributed by atoms with E-state index in [2.05, 4.69) is 29.8 Å². The number of carbonyl (C=O) groups is 2. The monoisotopic (exact) mass is 930 g/mol. The molecule has 0 aromatic carbocycles. The van der Waals surface area contributed by atoms with Gasteiger partial charge in [-0.1, -0.05) is 135 Å². The Morgan fingerprint density at radius 2 is 1.34 bits per heavy atom. The molecule has 1 fully saturated rings. The fourth-order valence-electron chi connectivity index (χ4n) is 6.72. The van der Waals surface area contributed by atoms with Crippen LogP contribution in [0.15, 0.2) is 24.3 Å². The van der Waals surface area contributed by atoms with Crippen LogP contribution in [0.3, 0.4) is 0 Å². The number of allylic oxidation sites excluding steroid dienone is 2. The standard InChI is InChI=1S/C43H80O17P2/c1-4-6-17-23-35(44)27-28-40-38(39(46)29-43(49)60-40)24-19-15-16-20-25-41(47)55-32-37(33-58-62(53,54)57-31-36(45)30-56-61(50,51)52)59-42(48)26-21-14-12-10-8-7-9-11-13-18-22-34(3)5-2/h15,19,27-28,34-40,43-46,49H,4-14,16-18,20-26,29-33H2,1-3H3,(H,53,54)(H2,50,51,52)/b19-15-,28-27+/t34?,35-,36-,37+,38-,39-,40+,43?/m0/s1. The summed E-state index contributed by atoms with van der Waals surface area (Å²) in [6.07, 6.45) is 19.3. The average molecular weight is 931 g/mol. The molecule has 0 bridgehead atoms. The zero-order chi connectivity index (χ0) is 46.2. The summed E-state index contributed by atoms with van der Waals surface area (Å²) in [7, 11) is -9.77. The molecule has 0 aliphatic carbocycles. The van der Waals surface area contributed by atoms with Gasteiger partial charge in [-0.3, -0.25) is 23.2 Å². The summed E-state index contributed by atoms with van der Waals surface area (Å²) in [5, 5.41) is 40.7. The largest absolute Gasteiger partial charge is 0.472 e. The molecule has 1 aliphatic heterocycles. The van der Waals surface area contributed by atoms with Crippen molar-refractivity contribution in [3.05, 3.63) is 24.3 Å². The van der Waals surface area contributed by atoms with Crippen LogP contribution in [0, 0.1) is 11.8 Å². The summed E-state index contributed by atoms with van der Waals surface area (Å²) in [6, 6.07) is 0. The molecule has 0 aromatic heterocycles. The first-order valence-electron chi connectivity index (χ1n) is 22.8. The second-order valence-electron chi connectivity index (χ2n) is 16.5. The van der Waals surface area contributed by atoms with Crippen LogP contribution >= 0.6 is 15.6 Å². The van der Waals surface area contributed by atoms with E-state index in [4.69, 9.17) is 28.5 Å². The van der Waals surface area contributed by atoms with Gasteiger partial charge in [0.05, 0.1) is 38.1 Å². The number of carbonyl (C=O) groups excluding carboxylic acids is 2. The molecular formula is C43H80O17P2. The van der Waals surface area contributed by atoms with Gasteiger partial charge in [0, 0.05) is 25.2 Å². The number of aliphatic hydroxyl groups excluding tert-OH is 4. The van der Waals surface area contributed by atoms with E-state index in [0.29, 0.717) is 32.1 Å². The van der Waals surface area contributed by atoms with Crippen molar-refractivity contribution in [2.75, 3.05) is 26.4 Å². The van der Waals surface area contributed by atoms with Gasteiger partial charge >= 0.3 is 27.6 Å². The lowest BCUT2D eigenvalue weighted by Crippen LogP contribution is -2.43. The number of rotatable bonds is 38. The van der Waals surface area contributed by atoms with E-state index >= 15 is 0 Å². The maximum atomic E-state index is 12.7. The van der Waals surface area contributed by atoms with E-state index in [1.54, 1.807) is 12.2 Å². The second kappa shape index (κ2) is 34.7. The van der Waals surface area contributed by atoms with Crippen molar-refractivity contribution in [3.63, 3.8) is 0 Å². The molecule has 0 saturated carbocycles. The summed E-state index contributed by atoms with van der Waals surface area (Å²) >= 11 is 0. The third-order valence-electron chi connectivity index (χ3n) is 10.7. The van der Waals surface area contributed by atoms with Crippen LogP contribution in [0.2, 0.25) is 0 Å². The highest BCUT2D eigenvalue weighted by Gasteiger charge is 2.35. The molecule has 62 heavy (non-hydrogen) atoms. The van der Waals surface area contributed by atoms with Crippen LogP contribution < -0.4 is 0 Å². The van der Waals surface area contributed by atoms with Crippen molar-refractivity contribution >= 4 is 27.6 Å². The third-order valence-corrected chi connectivity index (χ3v) is 12.1. The normalized spacial score (nSPS) is 21.5. The van der Waals surface area contributed by atoms with Crippen LogP contribution in [0.5, 0.6) is 0 Å². The molecule has 1 aliphatic rings. The molecule has 1 heterocycles. The quantitative estimate of drug-likeness (QED) is 0.0137. The van der Waals surface area contributed by atoms with E-state index in [1.807, 2.05) is 12.2 Å². The number of esters is 2. The van der Waals surface area contributed by atoms with Gasteiger partial charge in [-0.15, -0.1) is 0 Å². The summed E-state index contributed by atoms with van der Waals surface area (Å²) < 4.78 is 53.4. The molecule has 364 valence electrons. The maximum Gasteiger partial charge on any atom is 0.472 e. The first-order valence-corrected chi connectivity index (χ1v) is 25.8. The topological polar surface area (TPSA) is 265 Å². The predicted octanol–water partition coefficient (Wildman–Crippen LogP) is 7.47. The highest BCUT2D eigenvalue weighted by Crippen LogP contribution is 2.44. The number of phosphoric ester groups is 2. The molecule has 0 spiro atoms. The van der Waals surface area contributed by atoms with Crippen molar-refractivity contribution < 1.29 is 81.6 Å². The van der Waals surface area contributed by atoms with Gasteiger partial charge in [-0.05, 0) is 38.0 Å². The molecule has 0 aromatic rings.